The van der Waals surface area contributed by atoms with Crippen molar-refractivity contribution < 1.29 is 0 Å². The van der Waals surface area contributed by atoms with Gasteiger partial charge in [-0.1, -0.05) is 28.7 Å². The Kier molecular flexibility index (Phi) is 2.12. The van der Waals surface area contributed by atoms with Gasteiger partial charge < -0.3 is 5.73 Å². The number of rotatable bonds is 1. The predicted molar refractivity (Wildman–Crippen MR) is 69.3 cm³/mol. The summed E-state index contributed by atoms with van der Waals surface area (Å²) in [6.07, 6.45) is 3.66. The molecule has 0 spiro atoms. The molecule has 1 fully saturated rings. The fraction of sp³-hybridized carbons (Fsp3) is 0.583. The third-order valence-electron chi connectivity index (χ3n) is 3.52. The van der Waals surface area contributed by atoms with Gasteiger partial charge in [0.2, 0.25) is 0 Å². The van der Waals surface area contributed by atoms with E-state index in [-0.39, 0.29) is 9.46 Å². The van der Waals surface area contributed by atoms with Gasteiger partial charge in [-0.05, 0) is 31.4 Å². The molecule has 3 rings (SSSR count). The Bertz CT molecular complexity index is 410. The van der Waals surface area contributed by atoms with Crippen LogP contribution in [0.3, 0.4) is 0 Å². The molecular formula is C12H15IN2. The van der Waals surface area contributed by atoms with Gasteiger partial charge in [0, 0.05) is 33.2 Å². The molecule has 80 valence electrons. The summed E-state index contributed by atoms with van der Waals surface area (Å²) in [6, 6.07) is 4.52. The van der Waals surface area contributed by atoms with Crippen molar-refractivity contribution in [1.82, 2.24) is 4.98 Å². The summed E-state index contributed by atoms with van der Waals surface area (Å²) in [4.78, 5) is 4.78. The number of nitrogens with zero attached hydrogens (tertiary/aromatic N) is 1. The van der Waals surface area contributed by atoms with Crippen molar-refractivity contribution in [3.05, 3.63) is 29.1 Å². The van der Waals surface area contributed by atoms with Crippen LogP contribution in [0.2, 0.25) is 0 Å². The van der Waals surface area contributed by atoms with Crippen LogP contribution in [0.25, 0.3) is 0 Å². The lowest BCUT2D eigenvalue weighted by Crippen LogP contribution is -2.28. The molecule has 0 amide bonds. The second-order valence-electron chi connectivity index (χ2n) is 4.98. The predicted octanol–water partition coefficient (Wildman–Crippen LogP) is 2.71. The van der Waals surface area contributed by atoms with Crippen molar-refractivity contribution in [2.24, 2.45) is 5.73 Å². The summed E-state index contributed by atoms with van der Waals surface area (Å²) in [5, 5.41) is 0. The highest BCUT2D eigenvalue weighted by Crippen LogP contribution is 2.45. The topological polar surface area (TPSA) is 38.9 Å². The first kappa shape index (κ1) is 10.0. The van der Waals surface area contributed by atoms with Crippen LogP contribution in [-0.2, 0) is 6.42 Å². The van der Waals surface area contributed by atoms with Gasteiger partial charge in [-0.3, -0.25) is 4.98 Å². The molecule has 2 aliphatic carbocycles. The van der Waals surface area contributed by atoms with Gasteiger partial charge in [0.15, 0.2) is 0 Å². The quantitative estimate of drug-likeness (QED) is 0.639. The minimum absolute atomic E-state index is 0.147. The number of alkyl halides is 1. The Morgan fingerprint density at radius 2 is 2.20 bits per heavy atom. The third-order valence-corrected chi connectivity index (χ3v) is 4.58. The molecule has 2 nitrogen and oxygen atoms in total. The molecule has 0 aliphatic heterocycles. The summed E-state index contributed by atoms with van der Waals surface area (Å²) in [5.41, 5.74) is 10.0. The molecule has 2 N–H and O–H groups in total. The van der Waals surface area contributed by atoms with Crippen molar-refractivity contribution >= 4 is 22.6 Å². The van der Waals surface area contributed by atoms with Crippen LogP contribution in [-0.4, -0.2) is 8.41 Å². The van der Waals surface area contributed by atoms with Gasteiger partial charge in [0.1, 0.15) is 0 Å². The average molecular weight is 314 g/mol. The van der Waals surface area contributed by atoms with E-state index in [0.29, 0.717) is 0 Å². The van der Waals surface area contributed by atoms with Crippen LogP contribution in [0, 0.1) is 0 Å². The van der Waals surface area contributed by atoms with Crippen LogP contribution < -0.4 is 5.73 Å². The van der Waals surface area contributed by atoms with Crippen molar-refractivity contribution in [2.45, 2.75) is 41.6 Å². The lowest BCUT2D eigenvalue weighted by molar-refractivity contribution is 0.592. The molecule has 1 heterocycles. The molecule has 0 bridgehead atoms. The third kappa shape index (κ3) is 1.60. The van der Waals surface area contributed by atoms with Crippen LogP contribution in [0.5, 0.6) is 0 Å². The standard InChI is InChI=1S/C12H15IN2/c1-12(13)6-10-8(11(12)14)4-5-9(15-10)7-2-3-7/h4-5,7,11H,2-3,6,14H2,1H3/t11-,12?/m1/s1. The van der Waals surface area contributed by atoms with Crippen molar-refractivity contribution in [1.29, 1.82) is 0 Å². The Hall–Kier alpha value is -0.160. The van der Waals surface area contributed by atoms with E-state index < -0.39 is 0 Å². The maximum absolute atomic E-state index is 6.22. The van der Waals surface area contributed by atoms with Crippen LogP contribution in [0.4, 0.5) is 0 Å². The van der Waals surface area contributed by atoms with E-state index in [1.807, 2.05) is 0 Å². The fourth-order valence-corrected chi connectivity index (χ4v) is 3.02. The van der Waals surface area contributed by atoms with Gasteiger partial charge in [0.25, 0.3) is 0 Å². The number of halogens is 1. The Morgan fingerprint density at radius 1 is 1.47 bits per heavy atom. The summed E-state index contributed by atoms with van der Waals surface area (Å²) in [6.45, 7) is 2.22. The van der Waals surface area contributed by atoms with Crippen LogP contribution in [0.1, 0.15) is 48.7 Å². The number of pyridine rings is 1. The van der Waals surface area contributed by atoms with Gasteiger partial charge in [-0.2, -0.15) is 0 Å². The van der Waals surface area contributed by atoms with E-state index in [0.717, 1.165) is 12.3 Å². The zero-order valence-corrected chi connectivity index (χ0v) is 11.0. The Balaban J connectivity index is 2.02. The monoisotopic (exact) mass is 314 g/mol. The fourth-order valence-electron chi connectivity index (χ4n) is 2.32. The normalized spacial score (nSPS) is 34.2. The number of nitrogens with two attached hydrogens (primary N) is 1. The van der Waals surface area contributed by atoms with Gasteiger partial charge >= 0.3 is 0 Å². The van der Waals surface area contributed by atoms with Crippen molar-refractivity contribution in [3.8, 4) is 0 Å². The maximum Gasteiger partial charge on any atom is 0.0469 e. The molecule has 0 aromatic carbocycles. The molecule has 1 saturated carbocycles. The average Bonchev–Trinajstić information content (AvgIpc) is 2.96. The summed E-state index contributed by atoms with van der Waals surface area (Å²) in [7, 11) is 0. The second-order valence-corrected chi connectivity index (χ2v) is 7.44. The minimum atomic E-state index is 0.147. The molecule has 15 heavy (non-hydrogen) atoms. The number of fused-ring (bicyclic) bond motifs is 1. The zero-order chi connectivity index (χ0) is 10.6. The first-order valence-electron chi connectivity index (χ1n) is 5.52. The highest BCUT2D eigenvalue weighted by atomic mass is 127. The van der Waals surface area contributed by atoms with E-state index in [2.05, 4.69) is 41.6 Å². The molecule has 1 aromatic heterocycles. The van der Waals surface area contributed by atoms with E-state index in [9.17, 15) is 0 Å². The Morgan fingerprint density at radius 3 is 2.87 bits per heavy atom. The molecule has 0 radical (unpaired) electrons. The smallest absolute Gasteiger partial charge is 0.0469 e. The summed E-state index contributed by atoms with van der Waals surface area (Å²) in [5.74, 6) is 0.743. The summed E-state index contributed by atoms with van der Waals surface area (Å²) >= 11 is 2.47. The maximum atomic E-state index is 6.22. The molecule has 1 aromatic rings. The SMILES string of the molecule is CC1(I)Cc2nc(C3CC3)ccc2[C@H]1N. The van der Waals surface area contributed by atoms with E-state index in [1.165, 1.54) is 29.8 Å². The van der Waals surface area contributed by atoms with E-state index in [4.69, 9.17) is 10.7 Å². The zero-order valence-electron chi connectivity index (χ0n) is 8.83. The highest BCUT2D eigenvalue weighted by Gasteiger charge is 2.39. The largest absolute Gasteiger partial charge is 0.323 e. The molecule has 0 saturated heterocycles. The van der Waals surface area contributed by atoms with Crippen LogP contribution >= 0.6 is 22.6 Å². The highest BCUT2D eigenvalue weighted by molar-refractivity contribution is 14.1. The van der Waals surface area contributed by atoms with Crippen LogP contribution in [0.15, 0.2) is 12.1 Å². The first-order valence-corrected chi connectivity index (χ1v) is 6.60. The Labute approximate surface area is 104 Å². The lowest BCUT2D eigenvalue weighted by atomic mass is 10.0. The van der Waals surface area contributed by atoms with Gasteiger partial charge in [0.05, 0.1) is 0 Å². The van der Waals surface area contributed by atoms with Gasteiger partial charge in [-0.25, -0.2) is 0 Å². The van der Waals surface area contributed by atoms with E-state index in [1.54, 1.807) is 0 Å². The molecule has 3 heteroatoms. The van der Waals surface area contributed by atoms with E-state index >= 15 is 0 Å². The first-order chi connectivity index (χ1) is 7.08. The number of aromatic nitrogens is 1. The number of hydrogen-bond donors (Lipinski definition) is 1. The molecule has 2 atom stereocenters. The minimum Gasteiger partial charge on any atom is -0.323 e. The number of hydrogen-bond acceptors (Lipinski definition) is 2. The summed E-state index contributed by atoms with van der Waals surface area (Å²) < 4.78 is 0.148. The lowest BCUT2D eigenvalue weighted by Gasteiger charge is -2.20. The second kappa shape index (κ2) is 3.17. The van der Waals surface area contributed by atoms with Gasteiger partial charge in [-0.15, -0.1) is 0 Å². The molecular weight excluding hydrogens is 299 g/mol. The van der Waals surface area contributed by atoms with Crippen molar-refractivity contribution in [3.63, 3.8) is 0 Å². The molecule has 2 aliphatic rings. The molecule has 1 unspecified atom stereocenters. The van der Waals surface area contributed by atoms with Crippen molar-refractivity contribution in [2.75, 3.05) is 0 Å².